The van der Waals surface area contributed by atoms with E-state index in [1.165, 1.54) is 36.4 Å². The third-order valence-corrected chi connectivity index (χ3v) is 4.50. The van der Waals surface area contributed by atoms with E-state index < -0.39 is 17.8 Å². The van der Waals surface area contributed by atoms with E-state index in [1.54, 1.807) is 18.2 Å². The molecule has 148 valence electrons. The number of aliphatic hydroxyl groups is 1. The van der Waals surface area contributed by atoms with Crippen molar-refractivity contribution in [3.8, 4) is 0 Å². The average Bonchev–Trinajstić information content (AvgIpc) is 2.72. The van der Waals surface area contributed by atoms with Crippen LogP contribution in [-0.4, -0.2) is 43.9 Å². The third kappa shape index (κ3) is 5.15. The predicted molar refractivity (Wildman–Crippen MR) is 103 cm³/mol. The minimum absolute atomic E-state index is 0.340. The van der Waals surface area contributed by atoms with Crippen molar-refractivity contribution in [2.75, 3.05) is 37.8 Å². The monoisotopic (exact) mass is 388 g/mol. The number of nitrogens with one attached hydrogen (secondary N) is 1. The Bertz CT molecular complexity index is 851. The maximum Gasteiger partial charge on any atom is 0.244 e. The molecule has 0 saturated carbocycles. The Morgan fingerprint density at radius 3 is 2.71 bits per heavy atom. The highest BCUT2D eigenvalue weighted by atomic mass is 19.1. The number of carbonyl (C=O) groups excluding carboxylic acids is 1. The summed E-state index contributed by atoms with van der Waals surface area (Å²) in [7, 11) is 0. The van der Waals surface area contributed by atoms with Crippen LogP contribution in [0.1, 0.15) is 17.2 Å². The number of carbonyl (C=O) groups is 1. The van der Waals surface area contributed by atoms with Gasteiger partial charge in [0.05, 0.1) is 31.5 Å². The molecular formula is C21H22F2N2O3. The molecule has 2 aromatic rings. The number of hydrogen-bond acceptors (Lipinski definition) is 4. The van der Waals surface area contributed by atoms with Gasteiger partial charge in [0.1, 0.15) is 11.6 Å². The molecule has 1 aliphatic heterocycles. The Morgan fingerprint density at radius 1 is 1.21 bits per heavy atom. The number of aliphatic hydroxyl groups excluding tert-OH is 1. The molecule has 0 aromatic heterocycles. The Morgan fingerprint density at radius 2 is 2.00 bits per heavy atom. The lowest BCUT2D eigenvalue weighted by atomic mass is 10.1. The molecule has 1 aliphatic rings. The van der Waals surface area contributed by atoms with E-state index in [1.807, 2.05) is 4.90 Å². The minimum atomic E-state index is -0.690. The van der Waals surface area contributed by atoms with Crippen molar-refractivity contribution in [2.45, 2.75) is 6.04 Å². The van der Waals surface area contributed by atoms with Crippen LogP contribution in [0.15, 0.2) is 48.5 Å². The van der Waals surface area contributed by atoms with E-state index in [-0.39, 0.29) is 12.4 Å². The van der Waals surface area contributed by atoms with Gasteiger partial charge in [-0.2, -0.15) is 0 Å². The molecule has 1 amide bonds. The zero-order valence-corrected chi connectivity index (χ0v) is 15.3. The van der Waals surface area contributed by atoms with Gasteiger partial charge in [-0.15, -0.1) is 0 Å². The standard InChI is InChI=1S/C21H22F2N2O3/c22-17-3-1-2-15(12-17)4-7-21(27)24-19(14-26)16-5-6-18(23)20(13-16)25-8-10-28-11-9-25/h1-7,12-13,19,26H,8-11,14H2,(H,24,27)/b7-4-. The molecule has 5 nitrogen and oxygen atoms in total. The van der Waals surface area contributed by atoms with Crippen LogP contribution in [0.3, 0.4) is 0 Å². The van der Waals surface area contributed by atoms with Crippen LogP contribution in [0.5, 0.6) is 0 Å². The fraction of sp³-hybridized carbons (Fsp3) is 0.286. The van der Waals surface area contributed by atoms with Crippen molar-refractivity contribution in [1.82, 2.24) is 5.32 Å². The molecule has 1 heterocycles. The second kappa shape index (κ2) is 9.43. The smallest absolute Gasteiger partial charge is 0.244 e. The minimum Gasteiger partial charge on any atom is -0.394 e. The number of morpholine rings is 1. The highest BCUT2D eigenvalue weighted by molar-refractivity contribution is 5.92. The van der Waals surface area contributed by atoms with Crippen molar-refractivity contribution in [3.05, 3.63) is 71.3 Å². The van der Waals surface area contributed by atoms with Crippen LogP contribution in [0.25, 0.3) is 6.08 Å². The average molecular weight is 388 g/mol. The molecule has 2 aromatic carbocycles. The number of hydrogen-bond donors (Lipinski definition) is 2. The maximum atomic E-state index is 14.3. The summed E-state index contributed by atoms with van der Waals surface area (Å²) in [5, 5.41) is 12.4. The van der Waals surface area contributed by atoms with Gasteiger partial charge in [-0.25, -0.2) is 8.78 Å². The summed E-state index contributed by atoms with van der Waals surface area (Å²) in [6.07, 6.45) is 2.75. The molecule has 0 bridgehead atoms. The quantitative estimate of drug-likeness (QED) is 0.747. The Hall–Kier alpha value is -2.77. The summed E-state index contributed by atoms with van der Waals surface area (Å²) < 4.78 is 32.7. The molecule has 0 spiro atoms. The molecule has 2 N–H and O–H groups in total. The molecule has 3 rings (SSSR count). The van der Waals surface area contributed by atoms with E-state index in [9.17, 15) is 18.7 Å². The highest BCUT2D eigenvalue weighted by Gasteiger charge is 2.19. The zero-order valence-electron chi connectivity index (χ0n) is 15.3. The molecule has 0 radical (unpaired) electrons. The Labute approximate surface area is 162 Å². The van der Waals surface area contributed by atoms with E-state index in [0.29, 0.717) is 43.1 Å². The third-order valence-electron chi connectivity index (χ3n) is 4.50. The number of benzene rings is 2. The van der Waals surface area contributed by atoms with E-state index >= 15 is 0 Å². The normalized spacial score (nSPS) is 15.6. The van der Waals surface area contributed by atoms with Crippen molar-refractivity contribution in [2.24, 2.45) is 0 Å². The van der Waals surface area contributed by atoms with Gasteiger partial charge in [-0.05, 0) is 41.5 Å². The molecule has 0 aliphatic carbocycles. The molecular weight excluding hydrogens is 366 g/mol. The largest absolute Gasteiger partial charge is 0.394 e. The predicted octanol–water partition coefficient (Wildman–Crippen LogP) is 2.66. The second-order valence-electron chi connectivity index (χ2n) is 6.44. The van der Waals surface area contributed by atoms with Crippen LogP contribution in [0.2, 0.25) is 0 Å². The molecule has 28 heavy (non-hydrogen) atoms. The number of halogens is 2. The number of nitrogens with zero attached hydrogens (tertiary/aromatic N) is 1. The Kier molecular flexibility index (Phi) is 6.73. The summed E-state index contributed by atoms with van der Waals surface area (Å²) in [6, 6.07) is 9.67. The van der Waals surface area contributed by atoms with Crippen molar-refractivity contribution < 1.29 is 23.4 Å². The fourth-order valence-electron chi connectivity index (χ4n) is 3.03. The summed E-state index contributed by atoms with van der Waals surface area (Å²) in [5.41, 5.74) is 1.56. The summed E-state index contributed by atoms with van der Waals surface area (Å²) >= 11 is 0. The lowest BCUT2D eigenvalue weighted by molar-refractivity contribution is -0.117. The molecule has 7 heteroatoms. The van der Waals surface area contributed by atoms with Crippen LogP contribution in [0, 0.1) is 11.6 Å². The molecule has 1 unspecified atom stereocenters. The van der Waals surface area contributed by atoms with Crippen LogP contribution >= 0.6 is 0 Å². The molecule has 1 fully saturated rings. The maximum absolute atomic E-state index is 14.3. The first kappa shape index (κ1) is 20.0. The lowest BCUT2D eigenvalue weighted by Gasteiger charge is -2.30. The van der Waals surface area contributed by atoms with Crippen molar-refractivity contribution in [3.63, 3.8) is 0 Å². The fourth-order valence-corrected chi connectivity index (χ4v) is 3.03. The van der Waals surface area contributed by atoms with Gasteiger partial charge >= 0.3 is 0 Å². The lowest BCUT2D eigenvalue weighted by Crippen LogP contribution is -2.37. The van der Waals surface area contributed by atoms with E-state index in [0.717, 1.165) is 0 Å². The van der Waals surface area contributed by atoms with Crippen molar-refractivity contribution in [1.29, 1.82) is 0 Å². The number of anilines is 1. The van der Waals surface area contributed by atoms with Gasteiger partial charge in [0.25, 0.3) is 0 Å². The first-order valence-electron chi connectivity index (χ1n) is 9.04. The van der Waals surface area contributed by atoms with Gasteiger partial charge < -0.3 is 20.1 Å². The molecule has 1 atom stereocenters. The van der Waals surface area contributed by atoms with Gasteiger partial charge in [0.15, 0.2) is 0 Å². The SMILES string of the molecule is O=C(/C=C\c1cccc(F)c1)NC(CO)c1ccc(F)c(N2CCOCC2)c1. The number of ether oxygens (including phenoxy) is 1. The van der Waals surface area contributed by atoms with Crippen LogP contribution in [-0.2, 0) is 9.53 Å². The highest BCUT2D eigenvalue weighted by Crippen LogP contribution is 2.25. The van der Waals surface area contributed by atoms with E-state index in [4.69, 9.17) is 4.74 Å². The van der Waals surface area contributed by atoms with Gasteiger partial charge in [0.2, 0.25) is 5.91 Å². The van der Waals surface area contributed by atoms with E-state index in [2.05, 4.69) is 5.32 Å². The van der Waals surface area contributed by atoms with Crippen molar-refractivity contribution >= 4 is 17.7 Å². The van der Waals surface area contributed by atoms with Crippen LogP contribution in [0.4, 0.5) is 14.5 Å². The number of rotatable bonds is 6. The summed E-state index contributed by atoms with van der Waals surface area (Å²) in [6.45, 7) is 1.86. The van der Waals surface area contributed by atoms with Gasteiger partial charge in [-0.1, -0.05) is 18.2 Å². The number of amides is 1. The first-order valence-corrected chi connectivity index (χ1v) is 9.04. The Balaban J connectivity index is 1.71. The van der Waals surface area contributed by atoms with Crippen LogP contribution < -0.4 is 10.2 Å². The second-order valence-corrected chi connectivity index (χ2v) is 6.44. The van der Waals surface area contributed by atoms with Gasteiger partial charge in [-0.3, -0.25) is 4.79 Å². The van der Waals surface area contributed by atoms with Gasteiger partial charge in [0, 0.05) is 19.2 Å². The zero-order chi connectivity index (χ0) is 19.9. The first-order chi connectivity index (χ1) is 13.6. The molecule has 1 saturated heterocycles. The topological polar surface area (TPSA) is 61.8 Å². The summed E-state index contributed by atoms with van der Waals surface area (Å²) in [4.78, 5) is 14.1. The summed E-state index contributed by atoms with van der Waals surface area (Å²) in [5.74, 6) is -1.20.